The van der Waals surface area contributed by atoms with Crippen molar-refractivity contribution in [3.05, 3.63) is 62.6 Å². The van der Waals surface area contributed by atoms with Crippen molar-refractivity contribution >= 4 is 39.1 Å². The van der Waals surface area contributed by atoms with Crippen molar-refractivity contribution < 1.29 is 4.79 Å². The van der Waals surface area contributed by atoms with E-state index < -0.39 is 11.9 Å². The molecule has 0 heterocycles. The Bertz CT molecular complexity index is 688. The lowest BCUT2D eigenvalue weighted by Gasteiger charge is -2.20. The second kappa shape index (κ2) is 6.50. The number of anilines is 1. The third kappa shape index (κ3) is 3.77. The molecule has 0 bridgehead atoms. The number of carbonyl (C=O) groups excluding carboxylic acids is 1. The van der Waals surface area contributed by atoms with Crippen LogP contribution in [0.3, 0.4) is 0 Å². The summed E-state index contributed by atoms with van der Waals surface area (Å²) in [5.74, 6) is -0.423. The first kappa shape index (κ1) is 15.9. The molecule has 0 radical (unpaired) electrons. The van der Waals surface area contributed by atoms with Crippen LogP contribution < -0.4 is 11.1 Å². The van der Waals surface area contributed by atoms with Gasteiger partial charge in [0.15, 0.2) is 0 Å². The monoisotopic (exact) mass is 366 g/mol. The van der Waals surface area contributed by atoms with E-state index in [1.807, 2.05) is 44.2 Å². The highest BCUT2D eigenvalue weighted by Gasteiger charge is 2.19. The van der Waals surface area contributed by atoms with Crippen LogP contribution in [0.15, 0.2) is 40.9 Å². The van der Waals surface area contributed by atoms with Crippen molar-refractivity contribution in [2.45, 2.75) is 19.9 Å². The van der Waals surface area contributed by atoms with Crippen molar-refractivity contribution in [3.63, 3.8) is 0 Å². The molecular formula is C16H16BrClN2O. The van der Waals surface area contributed by atoms with Gasteiger partial charge >= 0.3 is 0 Å². The Balaban J connectivity index is 2.35. The maximum atomic E-state index is 11.8. The summed E-state index contributed by atoms with van der Waals surface area (Å²) in [4.78, 5) is 11.8. The molecule has 0 aliphatic carbocycles. The second-order valence-electron chi connectivity index (χ2n) is 4.97. The summed E-state index contributed by atoms with van der Waals surface area (Å²) >= 11 is 9.34. The van der Waals surface area contributed by atoms with Gasteiger partial charge in [-0.3, -0.25) is 4.79 Å². The summed E-state index contributed by atoms with van der Waals surface area (Å²) in [6.45, 7) is 3.98. The largest absolute Gasteiger partial charge is 0.370 e. The average molecular weight is 368 g/mol. The summed E-state index contributed by atoms with van der Waals surface area (Å²) in [6, 6.07) is 10.7. The number of amides is 1. The second-order valence-corrected chi connectivity index (χ2v) is 6.23. The van der Waals surface area contributed by atoms with Gasteiger partial charge in [0.25, 0.3) is 0 Å². The van der Waals surface area contributed by atoms with Crippen LogP contribution in [0.1, 0.15) is 22.7 Å². The minimum absolute atomic E-state index is 0.423. The maximum absolute atomic E-state index is 11.8. The van der Waals surface area contributed by atoms with E-state index in [0.717, 1.165) is 26.9 Å². The normalized spacial score (nSPS) is 12.0. The van der Waals surface area contributed by atoms with E-state index in [1.165, 1.54) is 0 Å². The first-order chi connectivity index (χ1) is 9.88. The fraction of sp³-hybridized carbons (Fsp3) is 0.188. The Morgan fingerprint density at radius 1 is 1.24 bits per heavy atom. The zero-order valence-corrected chi connectivity index (χ0v) is 14.1. The Hall–Kier alpha value is -1.52. The first-order valence-corrected chi connectivity index (χ1v) is 7.63. The molecule has 0 fully saturated rings. The number of primary amides is 1. The van der Waals surface area contributed by atoms with Crippen molar-refractivity contribution in [2.24, 2.45) is 5.73 Å². The van der Waals surface area contributed by atoms with Gasteiger partial charge in [0, 0.05) is 10.2 Å². The fourth-order valence-electron chi connectivity index (χ4n) is 2.20. The van der Waals surface area contributed by atoms with E-state index in [1.54, 1.807) is 6.07 Å². The molecule has 110 valence electrons. The highest BCUT2D eigenvalue weighted by Crippen LogP contribution is 2.28. The Kier molecular flexibility index (Phi) is 4.91. The molecule has 0 aromatic heterocycles. The van der Waals surface area contributed by atoms with Gasteiger partial charge in [-0.1, -0.05) is 35.4 Å². The van der Waals surface area contributed by atoms with E-state index in [-0.39, 0.29) is 0 Å². The predicted octanol–water partition coefficient (Wildman–Crippen LogP) is 4.36. The summed E-state index contributed by atoms with van der Waals surface area (Å²) in [6.07, 6.45) is 0. The van der Waals surface area contributed by atoms with E-state index in [2.05, 4.69) is 21.2 Å². The average Bonchev–Trinajstić information content (AvgIpc) is 2.40. The number of hydrogen-bond acceptors (Lipinski definition) is 2. The third-order valence-electron chi connectivity index (χ3n) is 3.25. The minimum atomic E-state index is -0.585. The smallest absolute Gasteiger partial charge is 0.244 e. The Labute approximate surface area is 137 Å². The van der Waals surface area contributed by atoms with Gasteiger partial charge in [0.1, 0.15) is 6.04 Å². The first-order valence-electron chi connectivity index (χ1n) is 6.46. The Morgan fingerprint density at radius 2 is 1.95 bits per heavy atom. The molecule has 3 nitrogen and oxygen atoms in total. The predicted molar refractivity (Wildman–Crippen MR) is 90.6 cm³/mol. The maximum Gasteiger partial charge on any atom is 0.244 e. The lowest BCUT2D eigenvalue weighted by molar-refractivity contribution is -0.118. The molecule has 1 amide bonds. The van der Waals surface area contributed by atoms with E-state index >= 15 is 0 Å². The molecule has 21 heavy (non-hydrogen) atoms. The van der Waals surface area contributed by atoms with Crippen molar-refractivity contribution in [1.29, 1.82) is 0 Å². The van der Waals surface area contributed by atoms with Crippen molar-refractivity contribution in [2.75, 3.05) is 5.32 Å². The molecule has 1 unspecified atom stereocenters. The van der Waals surface area contributed by atoms with Gasteiger partial charge < -0.3 is 11.1 Å². The van der Waals surface area contributed by atoms with Gasteiger partial charge in [-0.2, -0.15) is 0 Å². The summed E-state index contributed by atoms with van der Waals surface area (Å²) in [7, 11) is 0. The molecular weight excluding hydrogens is 352 g/mol. The van der Waals surface area contributed by atoms with Crippen LogP contribution in [0.5, 0.6) is 0 Å². The quantitative estimate of drug-likeness (QED) is 0.843. The molecule has 2 aromatic carbocycles. The van der Waals surface area contributed by atoms with Crippen molar-refractivity contribution in [3.8, 4) is 0 Å². The van der Waals surface area contributed by atoms with Gasteiger partial charge in [-0.05, 0) is 59.1 Å². The van der Waals surface area contributed by atoms with Gasteiger partial charge in [-0.25, -0.2) is 0 Å². The number of aryl methyl sites for hydroxylation is 2. The lowest BCUT2D eigenvalue weighted by atomic mass is 9.98. The van der Waals surface area contributed by atoms with E-state index in [4.69, 9.17) is 17.3 Å². The number of benzene rings is 2. The zero-order chi connectivity index (χ0) is 15.6. The number of hydrogen-bond donors (Lipinski definition) is 2. The number of halogens is 2. The molecule has 0 aliphatic rings. The van der Waals surface area contributed by atoms with Crippen LogP contribution in [-0.2, 0) is 4.79 Å². The number of rotatable bonds is 4. The Morgan fingerprint density at radius 3 is 2.52 bits per heavy atom. The summed E-state index contributed by atoms with van der Waals surface area (Å²) in [5.41, 5.74) is 9.37. The molecule has 0 aliphatic heterocycles. The molecule has 3 N–H and O–H groups in total. The highest BCUT2D eigenvalue weighted by molar-refractivity contribution is 9.10. The SMILES string of the molecule is Cc1ccc(C(Nc2ccc(Cl)c(Br)c2)C(N)=O)c(C)c1. The van der Waals surface area contributed by atoms with Gasteiger partial charge in [0.2, 0.25) is 5.91 Å². The highest BCUT2D eigenvalue weighted by atomic mass is 79.9. The lowest BCUT2D eigenvalue weighted by Crippen LogP contribution is -2.28. The van der Waals surface area contributed by atoms with Crippen LogP contribution in [0.25, 0.3) is 0 Å². The molecule has 0 spiro atoms. The van der Waals surface area contributed by atoms with Crippen LogP contribution >= 0.6 is 27.5 Å². The molecule has 0 saturated heterocycles. The topological polar surface area (TPSA) is 55.1 Å². The molecule has 0 saturated carbocycles. The van der Waals surface area contributed by atoms with Crippen molar-refractivity contribution in [1.82, 2.24) is 0 Å². The van der Waals surface area contributed by atoms with Gasteiger partial charge in [0.05, 0.1) is 5.02 Å². The van der Waals surface area contributed by atoms with Crippen LogP contribution in [0.4, 0.5) is 5.69 Å². The van der Waals surface area contributed by atoms with E-state index in [9.17, 15) is 4.79 Å². The molecule has 2 rings (SSSR count). The fourth-order valence-corrected chi connectivity index (χ4v) is 2.70. The van der Waals surface area contributed by atoms with Crippen LogP contribution in [0.2, 0.25) is 5.02 Å². The minimum Gasteiger partial charge on any atom is -0.370 e. The summed E-state index contributed by atoms with van der Waals surface area (Å²) < 4.78 is 0.762. The standard InChI is InChI=1S/C16H16BrClN2O/c1-9-3-5-12(10(2)7-9)15(16(19)21)20-11-4-6-14(18)13(17)8-11/h3-8,15,20H,1-2H3,(H2,19,21). The third-order valence-corrected chi connectivity index (χ3v) is 4.47. The van der Waals surface area contributed by atoms with E-state index in [0.29, 0.717) is 5.02 Å². The molecule has 1 atom stereocenters. The molecule has 2 aromatic rings. The molecule has 5 heteroatoms. The number of nitrogens with two attached hydrogens (primary N) is 1. The number of nitrogens with one attached hydrogen (secondary N) is 1. The number of carbonyl (C=O) groups is 1. The zero-order valence-electron chi connectivity index (χ0n) is 11.8. The van der Waals surface area contributed by atoms with Gasteiger partial charge in [-0.15, -0.1) is 0 Å². The van der Waals surface area contributed by atoms with Crippen LogP contribution in [-0.4, -0.2) is 5.91 Å². The van der Waals surface area contributed by atoms with Crippen LogP contribution in [0, 0.1) is 13.8 Å². The summed E-state index contributed by atoms with van der Waals surface area (Å²) in [5, 5.41) is 3.77.